The van der Waals surface area contributed by atoms with E-state index >= 15 is 4.39 Å². The molecule has 0 spiro atoms. The number of aromatic amines is 1. The first-order valence-corrected chi connectivity index (χ1v) is 14.0. The van der Waals surface area contributed by atoms with E-state index in [1.807, 2.05) is 68.4 Å². The number of rotatable bonds is 7. The Hall–Kier alpha value is -3.79. The third-order valence-electron chi connectivity index (χ3n) is 7.54. The fourth-order valence-electron chi connectivity index (χ4n) is 5.72. The second kappa shape index (κ2) is 12.1. The van der Waals surface area contributed by atoms with Gasteiger partial charge in [0.25, 0.3) is 5.56 Å². The van der Waals surface area contributed by atoms with Gasteiger partial charge in [0.2, 0.25) is 0 Å². The molecule has 6 rings (SSSR count). The van der Waals surface area contributed by atoms with Crippen LogP contribution < -0.4 is 16.1 Å². The zero-order valence-corrected chi connectivity index (χ0v) is 24.0. The van der Waals surface area contributed by atoms with Gasteiger partial charge >= 0.3 is 35.3 Å². The topological polar surface area (TPSA) is 103 Å². The van der Waals surface area contributed by atoms with Crippen molar-refractivity contribution in [3.63, 3.8) is 0 Å². The number of halogens is 1. The van der Waals surface area contributed by atoms with Crippen LogP contribution in [0.1, 0.15) is 55.4 Å². The first-order chi connectivity index (χ1) is 20.1. The zero-order valence-electron chi connectivity index (χ0n) is 24.0. The van der Waals surface area contributed by atoms with Crippen LogP contribution in [-0.2, 0) is 19.3 Å². The molecule has 1 aliphatic heterocycles. The summed E-state index contributed by atoms with van der Waals surface area (Å²) in [6.07, 6.45) is 2.43. The summed E-state index contributed by atoms with van der Waals surface area (Å²) in [7, 11) is 0. The van der Waals surface area contributed by atoms with E-state index in [0.717, 1.165) is 39.9 Å². The van der Waals surface area contributed by atoms with Crippen molar-refractivity contribution in [3.05, 3.63) is 116 Å². The zero-order chi connectivity index (χ0) is 29.6. The Morgan fingerprint density at radius 3 is 2.44 bits per heavy atom. The first-order valence-electron chi connectivity index (χ1n) is 14.0. The van der Waals surface area contributed by atoms with Gasteiger partial charge in [-0.2, -0.15) is 0 Å². The molecule has 3 heterocycles. The summed E-state index contributed by atoms with van der Waals surface area (Å²) in [6.45, 7) is 7.67. The van der Waals surface area contributed by atoms with Crippen LogP contribution in [0, 0.1) is 12.7 Å². The molecule has 0 radical (unpaired) electrons. The van der Waals surface area contributed by atoms with Crippen LogP contribution in [0.3, 0.4) is 0 Å². The number of ether oxygens (including phenoxy) is 1. The Bertz CT molecular complexity index is 1930. The number of benzene rings is 3. The molecule has 0 atom stereocenters. The van der Waals surface area contributed by atoms with Crippen LogP contribution in [0.15, 0.2) is 74.8 Å². The molecular formula is C33H32FN4NaO4. The van der Waals surface area contributed by atoms with Crippen molar-refractivity contribution in [2.24, 2.45) is 0 Å². The van der Waals surface area contributed by atoms with E-state index in [0.29, 0.717) is 42.2 Å². The Balaban J connectivity index is 0.00000368. The molecule has 0 aliphatic carbocycles. The fourth-order valence-corrected chi connectivity index (χ4v) is 5.72. The number of nitrogens with one attached hydrogen (secondary N) is 1. The van der Waals surface area contributed by atoms with Gasteiger partial charge in [-0.1, -0.05) is 67.0 Å². The van der Waals surface area contributed by atoms with E-state index < -0.39 is 17.2 Å². The molecule has 0 amide bonds. The molecule has 1 aliphatic rings. The van der Waals surface area contributed by atoms with E-state index in [1.54, 1.807) is 6.92 Å². The molecule has 8 nitrogen and oxygen atoms in total. The second-order valence-corrected chi connectivity index (χ2v) is 11.3. The van der Waals surface area contributed by atoms with Crippen molar-refractivity contribution in [1.82, 2.24) is 19.7 Å². The van der Waals surface area contributed by atoms with Gasteiger partial charge in [-0.25, -0.2) is 14.2 Å². The van der Waals surface area contributed by atoms with Crippen molar-refractivity contribution in [3.8, 4) is 34.0 Å². The molecule has 0 saturated heterocycles. The van der Waals surface area contributed by atoms with Crippen LogP contribution >= 0.6 is 0 Å². The summed E-state index contributed by atoms with van der Waals surface area (Å²) in [4.78, 5) is 33.0. The van der Waals surface area contributed by atoms with Gasteiger partial charge in [-0.3, -0.25) is 18.9 Å². The quantitative estimate of drug-likeness (QED) is 0.258. The van der Waals surface area contributed by atoms with Crippen molar-refractivity contribution in [2.75, 3.05) is 0 Å². The number of hydrogen-bond donors (Lipinski definition) is 1. The first kappa shape index (κ1) is 30.7. The average Bonchev–Trinajstić information content (AvgIpc) is 3.53. The third kappa shape index (κ3) is 6.02. The number of aromatic nitrogens is 4. The van der Waals surface area contributed by atoms with Crippen LogP contribution in [0.4, 0.5) is 4.39 Å². The van der Waals surface area contributed by atoms with E-state index in [-0.39, 0.29) is 40.9 Å². The molecule has 3 aromatic carbocycles. The number of nitrogens with zero attached hydrogens (tertiary/aromatic N) is 3. The van der Waals surface area contributed by atoms with Crippen molar-refractivity contribution < 1.29 is 13.7 Å². The average molecular weight is 591 g/mol. The molecule has 0 saturated carbocycles. The normalized spacial score (nSPS) is 13.3. The Morgan fingerprint density at radius 2 is 1.77 bits per heavy atom. The second-order valence-electron chi connectivity index (χ2n) is 11.3. The number of hydrogen-bond acceptors (Lipinski definition) is 6. The van der Waals surface area contributed by atoms with Gasteiger partial charge in [-0.05, 0) is 49.9 Å². The summed E-state index contributed by atoms with van der Waals surface area (Å²) < 4.78 is 27.1. The van der Waals surface area contributed by atoms with E-state index in [4.69, 9.17) is 14.2 Å². The number of H-pyrrole nitrogens is 1. The van der Waals surface area contributed by atoms with Crippen LogP contribution in [0.2, 0.25) is 0 Å². The van der Waals surface area contributed by atoms with Crippen molar-refractivity contribution in [2.45, 2.75) is 59.0 Å². The summed E-state index contributed by atoms with van der Waals surface area (Å²) >= 11 is 0. The van der Waals surface area contributed by atoms with E-state index in [9.17, 15) is 9.59 Å². The molecule has 10 heteroatoms. The van der Waals surface area contributed by atoms with E-state index in [1.165, 1.54) is 10.6 Å². The Morgan fingerprint density at radius 1 is 1.05 bits per heavy atom. The molecule has 2 aromatic heterocycles. The predicted octanol–water partition coefficient (Wildman–Crippen LogP) is 5.30. The standard InChI is InChI=1S/C33H31FN4O4.Na.H/c1-5-8-28-26(31(39)38(19(2)35-28)23-16-22-18-33(3,4)41-29(22)27(34)17-23)15-20-11-13-21(14-12-20)24-9-6-7-10-25(24)30-36-32(40)42-37-30;;/h6-7,9-14,16-17H,5,8,15,18H2,1-4H3,(H,36,37,40);;. The van der Waals surface area contributed by atoms with E-state index in [2.05, 4.69) is 17.1 Å². The minimum atomic E-state index is -0.616. The molecule has 0 unspecified atom stereocenters. The SMILES string of the molecule is CCCc1nc(C)n(-c2cc(F)c3c(c2)CC(C)(C)O3)c(=O)c1Cc1ccc(-c2ccccc2-c2noc(=O)[nH]2)cc1.[NaH]. The summed E-state index contributed by atoms with van der Waals surface area (Å²) in [5.41, 5.74) is 5.31. The monoisotopic (exact) mass is 590 g/mol. The van der Waals surface area contributed by atoms with Gasteiger partial charge in [0.1, 0.15) is 11.4 Å². The third-order valence-corrected chi connectivity index (χ3v) is 7.54. The van der Waals surface area contributed by atoms with Crippen LogP contribution in [0.25, 0.3) is 28.2 Å². The number of aryl methyl sites for hydroxylation is 2. The molecule has 0 bridgehead atoms. The van der Waals surface area contributed by atoms with Crippen molar-refractivity contribution >= 4 is 29.6 Å². The Kier molecular flexibility index (Phi) is 8.61. The fraction of sp³-hybridized carbons (Fsp3) is 0.273. The summed E-state index contributed by atoms with van der Waals surface area (Å²) in [6, 6.07) is 18.7. The summed E-state index contributed by atoms with van der Waals surface area (Å²) in [5.74, 6) is 0.0250. The molecule has 216 valence electrons. The summed E-state index contributed by atoms with van der Waals surface area (Å²) in [5, 5.41) is 3.84. The number of fused-ring (bicyclic) bond motifs is 1. The van der Waals surface area contributed by atoms with Crippen molar-refractivity contribution in [1.29, 1.82) is 0 Å². The van der Waals surface area contributed by atoms with Gasteiger partial charge < -0.3 is 4.74 Å². The molecule has 43 heavy (non-hydrogen) atoms. The van der Waals surface area contributed by atoms with Crippen LogP contribution in [0.5, 0.6) is 5.75 Å². The van der Waals surface area contributed by atoms with Gasteiger partial charge in [-0.15, -0.1) is 0 Å². The molecular weight excluding hydrogens is 558 g/mol. The molecule has 0 fully saturated rings. The Labute approximate surface area is 270 Å². The predicted molar refractivity (Wildman–Crippen MR) is 165 cm³/mol. The molecule has 1 N–H and O–H groups in total. The minimum absolute atomic E-state index is 0. The maximum atomic E-state index is 15.1. The maximum absolute atomic E-state index is 15.1. The van der Waals surface area contributed by atoms with Gasteiger partial charge in [0, 0.05) is 35.6 Å². The molecule has 5 aromatic rings. The van der Waals surface area contributed by atoms with Gasteiger partial charge in [0.15, 0.2) is 17.4 Å². The van der Waals surface area contributed by atoms with Gasteiger partial charge in [0.05, 0.1) is 11.4 Å². The van der Waals surface area contributed by atoms with Crippen LogP contribution in [-0.4, -0.2) is 54.9 Å².